The molecule has 2 aromatic carbocycles. The Balaban J connectivity index is 1.73. The summed E-state index contributed by atoms with van der Waals surface area (Å²) in [5.74, 6) is -0.531. The summed E-state index contributed by atoms with van der Waals surface area (Å²) in [7, 11) is -3.63. The van der Waals surface area contributed by atoms with E-state index in [4.69, 9.17) is 0 Å². The van der Waals surface area contributed by atoms with Crippen LogP contribution in [0.25, 0.3) is 0 Å². The molecule has 7 nitrogen and oxygen atoms in total. The number of sulfonamides is 1. The van der Waals surface area contributed by atoms with Gasteiger partial charge in [-0.15, -0.1) is 0 Å². The number of amides is 1. The minimum atomic E-state index is -3.63. The van der Waals surface area contributed by atoms with Gasteiger partial charge in [0.05, 0.1) is 10.6 Å². The number of carbonyl (C=O) groups excluding carboxylic acids is 1. The van der Waals surface area contributed by atoms with Crippen molar-refractivity contribution in [3.8, 4) is 5.75 Å². The van der Waals surface area contributed by atoms with E-state index in [0.717, 1.165) is 12.8 Å². The highest BCUT2D eigenvalue weighted by molar-refractivity contribution is 7.89. The molecule has 1 aliphatic heterocycles. The van der Waals surface area contributed by atoms with Crippen LogP contribution in [0.3, 0.4) is 0 Å². The number of hydrogen-bond acceptors (Lipinski definition) is 5. The predicted molar refractivity (Wildman–Crippen MR) is 112 cm³/mol. The minimum absolute atomic E-state index is 0.0225. The summed E-state index contributed by atoms with van der Waals surface area (Å²) in [6.07, 6.45) is 2.12. The molecule has 1 fully saturated rings. The molecule has 0 aliphatic carbocycles. The number of halogens is 2. The molecule has 0 saturated carbocycles. The van der Waals surface area contributed by atoms with Crippen molar-refractivity contribution >= 4 is 21.6 Å². The van der Waals surface area contributed by atoms with E-state index < -0.39 is 22.5 Å². The zero-order valence-corrected chi connectivity index (χ0v) is 17.7. The Kier molecular flexibility index (Phi) is 7.34. The van der Waals surface area contributed by atoms with Crippen LogP contribution in [-0.4, -0.2) is 44.0 Å². The second-order valence-corrected chi connectivity index (χ2v) is 8.83. The normalized spacial score (nSPS) is 15.3. The molecule has 166 valence electrons. The molecule has 1 amide bonds. The Morgan fingerprint density at radius 1 is 1.13 bits per heavy atom. The van der Waals surface area contributed by atoms with Gasteiger partial charge in [-0.3, -0.25) is 4.79 Å². The largest absolute Gasteiger partial charge is 0.435 e. The van der Waals surface area contributed by atoms with Gasteiger partial charge in [0.25, 0.3) is 5.91 Å². The van der Waals surface area contributed by atoms with Crippen LogP contribution in [0, 0.1) is 0 Å². The molecule has 1 heterocycles. The standard InChI is InChI=1S/C21H23F2N3O4S/c1-2-19(15-8-10-17(11-9-15)30-21(22)23)24-25-20(27)16-6-5-7-18(14-16)31(28,29)26-12-3-4-13-26/h5-11,14,21H,2-4,12-13H2,1H3,(H,25,27). The van der Waals surface area contributed by atoms with E-state index in [1.54, 1.807) is 12.1 Å². The van der Waals surface area contributed by atoms with Crippen LogP contribution in [0.1, 0.15) is 42.1 Å². The van der Waals surface area contributed by atoms with E-state index in [-0.39, 0.29) is 16.2 Å². The van der Waals surface area contributed by atoms with Crippen LogP contribution in [-0.2, 0) is 10.0 Å². The van der Waals surface area contributed by atoms with Gasteiger partial charge < -0.3 is 4.74 Å². The Labute approximate surface area is 179 Å². The van der Waals surface area contributed by atoms with Gasteiger partial charge >= 0.3 is 6.61 Å². The number of hydrogen-bond donors (Lipinski definition) is 1. The lowest BCUT2D eigenvalue weighted by atomic mass is 10.1. The van der Waals surface area contributed by atoms with Crippen molar-refractivity contribution in [3.63, 3.8) is 0 Å². The number of carbonyl (C=O) groups is 1. The maximum atomic E-state index is 12.7. The molecule has 0 unspecified atom stereocenters. The van der Waals surface area contributed by atoms with E-state index in [1.807, 2.05) is 6.92 Å². The summed E-state index contributed by atoms with van der Waals surface area (Å²) < 4.78 is 55.7. The molecule has 1 N–H and O–H groups in total. The fourth-order valence-electron chi connectivity index (χ4n) is 3.23. The molecule has 1 saturated heterocycles. The molecular weight excluding hydrogens is 428 g/mol. The summed E-state index contributed by atoms with van der Waals surface area (Å²) in [6.45, 7) is -0.124. The van der Waals surface area contributed by atoms with Crippen LogP contribution in [0.15, 0.2) is 58.5 Å². The van der Waals surface area contributed by atoms with E-state index in [1.165, 1.54) is 40.7 Å². The van der Waals surface area contributed by atoms with Crippen molar-refractivity contribution in [2.45, 2.75) is 37.7 Å². The zero-order valence-electron chi connectivity index (χ0n) is 16.9. The van der Waals surface area contributed by atoms with Crippen LogP contribution < -0.4 is 10.2 Å². The second kappa shape index (κ2) is 9.97. The van der Waals surface area contributed by atoms with Gasteiger partial charge in [-0.05, 0) is 67.3 Å². The highest BCUT2D eigenvalue weighted by Gasteiger charge is 2.27. The number of hydrazone groups is 1. The van der Waals surface area contributed by atoms with Crippen LogP contribution in [0.4, 0.5) is 8.78 Å². The van der Waals surface area contributed by atoms with E-state index in [9.17, 15) is 22.0 Å². The first-order chi connectivity index (χ1) is 14.8. The first kappa shape index (κ1) is 22.8. The third-order valence-electron chi connectivity index (χ3n) is 4.84. The third kappa shape index (κ3) is 5.65. The fourth-order valence-corrected chi connectivity index (χ4v) is 4.80. The molecule has 0 aromatic heterocycles. The van der Waals surface area contributed by atoms with Gasteiger partial charge in [-0.1, -0.05) is 13.0 Å². The van der Waals surface area contributed by atoms with Gasteiger partial charge in [0, 0.05) is 18.7 Å². The average molecular weight is 451 g/mol. The summed E-state index contributed by atoms with van der Waals surface area (Å²) in [5.41, 5.74) is 3.76. The van der Waals surface area contributed by atoms with Crippen LogP contribution in [0.2, 0.25) is 0 Å². The Hall–Kier alpha value is -2.85. The lowest BCUT2D eigenvalue weighted by Crippen LogP contribution is -2.28. The van der Waals surface area contributed by atoms with Gasteiger partial charge in [0.2, 0.25) is 10.0 Å². The second-order valence-electron chi connectivity index (χ2n) is 6.89. The number of nitrogens with zero attached hydrogens (tertiary/aromatic N) is 2. The lowest BCUT2D eigenvalue weighted by molar-refractivity contribution is -0.0498. The van der Waals surface area contributed by atoms with Crippen molar-refractivity contribution in [3.05, 3.63) is 59.7 Å². The van der Waals surface area contributed by atoms with Gasteiger partial charge in [0.1, 0.15) is 5.75 Å². The molecule has 3 rings (SSSR count). The summed E-state index contributed by atoms with van der Waals surface area (Å²) in [4.78, 5) is 12.6. The Bertz CT molecular complexity index is 1050. The van der Waals surface area contributed by atoms with Gasteiger partial charge in [0.15, 0.2) is 0 Å². The van der Waals surface area contributed by atoms with Crippen LogP contribution in [0.5, 0.6) is 5.75 Å². The predicted octanol–water partition coefficient (Wildman–Crippen LogP) is 3.62. The third-order valence-corrected chi connectivity index (χ3v) is 6.73. The molecule has 0 atom stereocenters. The molecule has 1 aliphatic rings. The van der Waals surface area contributed by atoms with Crippen molar-refractivity contribution in [2.75, 3.05) is 13.1 Å². The number of benzene rings is 2. The van der Waals surface area contributed by atoms with Crippen molar-refractivity contribution in [1.29, 1.82) is 0 Å². The zero-order chi connectivity index (χ0) is 22.4. The van der Waals surface area contributed by atoms with Crippen molar-refractivity contribution in [2.24, 2.45) is 5.10 Å². The van der Waals surface area contributed by atoms with Gasteiger partial charge in [-0.2, -0.15) is 18.2 Å². The van der Waals surface area contributed by atoms with E-state index >= 15 is 0 Å². The van der Waals surface area contributed by atoms with E-state index in [2.05, 4.69) is 15.3 Å². The smallest absolute Gasteiger partial charge is 0.387 e. The van der Waals surface area contributed by atoms with Crippen LogP contribution >= 0.6 is 0 Å². The maximum absolute atomic E-state index is 12.7. The SMILES string of the molecule is CCC(=NNC(=O)c1cccc(S(=O)(=O)N2CCCC2)c1)c1ccc(OC(F)F)cc1. The summed E-state index contributed by atoms with van der Waals surface area (Å²) in [6, 6.07) is 11.7. The molecule has 0 radical (unpaired) electrons. The summed E-state index contributed by atoms with van der Waals surface area (Å²) in [5, 5.41) is 4.12. The minimum Gasteiger partial charge on any atom is -0.435 e. The number of ether oxygens (including phenoxy) is 1. The fraction of sp³-hybridized carbons (Fsp3) is 0.333. The van der Waals surface area contributed by atoms with Crippen molar-refractivity contribution < 1.29 is 26.7 Å². The number of nitrogens with one attached hydrogen (secondary N) is 1. The number of rotatable bonds is 8. The topological polar surface area (TPSA) is 88.1 Å². The highest BCUT2D eigenvalue weighted by Crippen LogP contribution is 2.21. The summed E-state index contributed by atoms with van der Waals surface area (Å²) >= 11 is 0. The van der Waals surface area contributed by atoms with Crippen molar-refractivity contribution in [1.82, 2.24) is 9.73 Å². The molecule has 10 heteroatoms. The Morgan fingerprint density at radius 3 is 2.42 bits per heavy atom. The number of alkyl halides is 2. The highest BCUT2D eigenvalue weighted by atomic mass is 32.2. The molecular formula is C21H23F2N3O4S. The molecule has 0 spiro atoms. The maximum Gasteiger partial charge on any atom is 0.387 e. The molecule has 31 heavy (non-hydrogen) atoms. The lowest BCUT2D eigenvalue weighted by Gasteiger charge is -2.15. The molecule has 0 bridgehead atoms. The van der Waals surface area contributed by atoms with Gasteiger partial charge in [-0.25, -0.2) is 13.8 Å². The first-order valence-electron chi connectivity index (χ1n) is 9.83. The van der Waals surface area contributed by atoms with E-state index in [0.29, 0.717) is 30.8 Å². The quantitative estimate of drug-likeness (QED) is 0.491. The molecule has 2 aromatic rings. The average Bonchev–Trinajstić information content (AvgIpc) is 3.31. The Morgan fingerprint density at radius 2 is 1.81 bits per heavy atom. The first-order valence-corrected chi connectivity index (χ1v) is 11.3. The monoisotopic (exact) mass is 451 g/mol.